The summed E-state index contributed by atoms with van der Waals surface area (Å²) >= 11 is 0. The molecule has 7 nitrogen and oxygen atoms in total. The fourth-order valence-electron chi connectivity index (χ4n) is 2.97. The van der Waals surface area contributed by atoms with Crippen LogP contribution in [0.5, 0.6) is 11.5 Å². The first kappa shape index (κ1) is 20.4. The van der Waals surface area contributed by atoms with Crippen molar-refractivity contribution < 1.29 is 17.6 Å². The average Bonchev–Trinajstić information content (AvgIpc) is 2.77. The molecule has 0 aliphatic rings. The number of ether oxygens (including phenoxy) is 1. The van der Waals surface area contributed by atoms with E-state index >= 15 is 0 Å². The quantitative estimate of drug-likeness (QED) is 0.476. The highest BCUT2D eigenvalue weighted by atomic mass is 32.2. The van der Waals surface area contributed by atoms with Gasteiger partial charge in [0.25, 0.3) is 10.0 Å². The standard InChI is InChI=1S/C23H18N2O5S/c1-16-15-21(22(23(26)29-16)30-19-11-13-24-14-12-19)17-7-9-20(10-8-17)31(27,28)25-18-5-3-2-4-6-18/h2-15,25H,1H3. The maximum absolute atomic E-state index is 12.7. The molecule has 0 saturated carbocycles. The molecule has 0 aliphatic carbocycles. The molecule has 0 spiro atoms. The predicted molar refractivity (Wildman–Crippen MR) is 117 cm³/mol. The monoisotopic (exact) mass is 434 g/mol. The summed E-state index contributed by atoms with van der Waals surface area (Å²) in [6, 6.07) is 19.7. The largest absolute Gasteiger partial charge is 0.449 e. The lowest BCUT2D eigenvalue weighted by atomic mass is 10.1. The van der Waals surface area contributed by atoms with E-state index in [4.69, 9.17) is 9.15 Å². The van der Waals surface area contributed by atoms with E-state index in [1.807, 2.05) is 0 Å². The molecule has 8 heteroatoms. The second-order valence-electron chi connectivity index (χ2n) is 6.67. The van der Waals surface area contributed by atoms with E-state index in [1.165, 1.54) is 12.1 Å². The second kappa shape index (κ2) is 8.45. The van der Waals surface area contributed by atoms with Gasteiger partial charge in [-0.25, -0.2) is 13.2 Å². The molecule has 2 heterocycles. The molecule has 4 rings (SSSR count). The zero-order valence-electron chi connectivity index (χ0n) is 16.5. The van der Waals surface area contributed by atoms with Crippen LogP contribution < -0.4 is 15.1 Å². The van der Waals surface area contributed by atoms with Crippen LogP contribution in [0, 0.1) is 6.92 Å². The summed E-state index contributed by atoms with van der Waals surface area (Å²) in [5, 5.41) is 0. The topological polar surface area (TPSA) is 98.5 Å². The van der Waals surface area contributed by atoms with Crippen molar-refractivity contribution in [2.45, 2.75) is 11.8 Å². The number of aryl methyl sites for hydroxylation is 1. The Morgan fingerprint density at radius 3 is 2.29 bits per heavy atom. The van der Waals surface area contributed by atoms with Gasteiger partial charge in [0, 0.05) is 23.6 Å². The van der Waals surface area contributed by atoms with Crippen LogP contribution in [-0.2, 0) is 10.0 Å². The molecule has 2 aromatic carbocycles. The van der Waals surface area contributed by atoms with Gasteiger partial charge in [0.1, 0.15) is 11.5 Å². The van der Waals surface area contributed by atoms with Crippen molar-refractivity contribution in [2.24, 2.45) is 0 Å². The normalized spacial score (nSPS) is 11.1. The fourth-order valence-corrected chi connectivity index (χ4v) is 4.03. The molecule has 0 amide bonds. The Morgan fingerprint density at radius 1 is 0.935 bits per heavy atom. The third kappa shape index (κ3) is 4.65. The smallest absolute Gasteiger partial charge is 0.379 e. The number of nitrogens with zero attached hydrogens (tertiary/aromatic N) is 1. The number of benzene rings is 2. The van der Waals surface area contributed by atoms with Crippen molar-refractivity contribution in [1.82, 2.24) is 4.98 Å². The van der Waals surface area contributed by atoms with E-state index in [9.17, 15) is 13.2 Å². The van der Waals surface area contributed by atoms with Crippen LogP contribution in [0.2, 0.25) is 0 Å². The zero-order chi connectivity index (χ0) is 21.8. The molecular formula is C23H18N2O5S. The highest BCUT2D eigenvalue weighted by Gasteiger charge is 2.18. The van der Waals surface area contributed by atoms with Crippen LogP contribution in [0.1, 0.15) is 5.76 Å². The number of rotatable bonds is 6. The molecule has 4 aromatic rings. The number of hydrogen-bond donors (Lipinski definition) is 1. The van der Waals surface area contributed by atoms with Crippen molar-refractivity contribution in [1.29, 1.82) is 0 Å². The van der Waals surface area contributed by atoms with Gasteiger partial charge < -0.3 is 9.15 Å². The van der Waals surface area contributed by atoms with E-state index < -0.39 is 15.6 Å². The summed E-state index contributed by atoms with van der Waals surface area (Å²) in [4.78, 5) is 16.5. The number of sulfonamides is 1. The van der Waals surface area contributed by atoms with Crippen molar-refractivity contribution >= 4 is 15.7 Å². The van der Waals surface area contributed by atoms with Crippen LogP contribution in [0.15, 0.2) is 99.3 Å². The summed E-state index contributed by atoms with van der Waals surface area (Å²) in [5.41, 5.74) is 0.939. The molecule has 0 saturated heterocycles. The van der Waals surface area contributed by atoms with Gasteiger partial charge in [-0.2, -0.15) is 0 Å². The number of pyridine rings is 1. The Morgan fingerprint density at radius 2 is 1.61 bits per heavy atom. The highest BCUT2D eigenvalue weighted by molar-refractivity contribution is 7.92. The Hall–Kier alpha value is -3.91. The number of hydrogen-bond acceptors (Lipinski definition) is 6. The van der Waals surface area contributed by atoms with Gasteiger partial charge in [0.05, 0.1) is 4.90 Å². The zero-order valence-corrected chi connectivity index (χ0v) is 17.3. The van der Waals surface area contributed by atoms with Crippen LogP contribution >= 0.6 is 0 Å². The van der Waals surface area contributed by atoms with Crippen LogP contribution in [-0.4, -0.2) is 13.4 Å². The van der Waals surface area contributed by atoms with Gasteiger partial charge in [-0.15, -0.1) is 0 Å². The fraction of sp³-hybridized carbons (Fsp3) is 0.0435. The van der Waals surface area contributed by atoms with Gasteiger partial charge >= 0.3 is 5.63 Å². The van der Waals surface area contributed by atoms with Crippen LogP contribution in [0.25, 0.3) is 11.1 Å². The lowest BCUT2D eigenvalue weighted by molar-refractivity contribution is 0.410. The Bertz CT molecular complexity index is 1350. The molecular weight excluding hydrogens is 416 g/mol. The minimum Gasteiger partial charge on any atom is -0.449 e. The highest BCUT2D eigenvalue weighted by Crippen LogP contribution is 2.32. The Kier molecular flexibility index (Phi) is 5.55. The Labute approximate surface area is 179 Å². The molecule has 156 valence electrons. The third-order valence-corrected chi connectivity index (χ3v) is 5.80. The molecule has 0 fully saturated rings. The first-order valence-corrected chi connectivity index (χ1v) is 10.8. The van der Waals surface area contributed by atoms with Gasteiger partial charge in [-0.05, 0) is 55.0 Å². The maximum atomic E-state index is 12.7. The average molecular weight is 434 g/mol. The SMILES string of the molecule is Cc1cc(-c2ccc(S(=O)(=O)Nc3ccccc3)cc2)c(Oc2ccncc2)c(=O)o1. The summed E-state index contributed by atoms with van der Waals surface area (Å²) in [5.74, 6) is 0.845. The molecule has 31 heavy (non-hydrogen) atoms. The predicted octanol–water partition coefficient (Wildman–Crippen LogP) is 4.60. The third-order valence-electron chi connectivity index (χ3n) is 4.40. The van der Waals surface area contributed by atoms with Crippen LogP contribution in [0.3, 0.4) is 0 Å². The first-order chi connectivity index (χ1) is 14.9. The van der Waals surface area contributed by atoms with E-state index in [2.05, 4.69) is 9.71 Å². The van der Waals surface area contributed by atoms with E-state index in [0.29, 0.717) is 28.3 Å². The lowest BCUT2D eigenvalue weighted by Gasteiger charge is -2.12. The second-order valence-corrected chi connectivity index (χ2v) is 8.35. The minimum atomic E-state index is -3.76. The van der Waals surface area contributed by atoms with Crippen molar-refractivity contribution in [3.63, 3.8) is 0 Å². The number of nitrogens with one attached hydrogen (secondary N) is 1. The molecule has 0 aliphatic heterocycles. The van der Waals surface area contributed by atoms with Crippen molar-refractivity contribution in [2.75, 3.05) is 4.72 Å². The van der Waals surface area contributed by atoms with Crippen molar-refractivity contribution in [3.05, 3.63) is 101 Å². The number of anilines is 1. The molecule has 0 bridgehead atoms. The van der Waals surface area contributed by atoms with E-state index in [-0.39, 0.29) is 10.6 Å². The van der Waals surface area contributed by atoms with E-state index in [0.717, 1.165) is 0 Å². The van der Waals surface area contributed by atoms with Crippen LogP contribution in [0.4, 0.5) is 5.69 Å². The summed E-state index contributed by atoms with van der Waals surface area (Å²) < 4.78 is 38.8. The lowest BCUT2D eigenvalue weighted by Crippen LogP contribution is -2.12. The summed E-state index contributed by atoms with van der Waals surface area (Å²) in [6.45, 7) is 1.66. The summed E-state index contributed by atoms with van der Waals surface area (Å²) in [7, 11) is -3.76. The van der Waals surface area contributed by atoms with Gasteiger partial charge in [-0.3, -0.25) is 9.71 Å². The number of para-hydroxylation sites is 1. The molecule has 0 atom stereocenters. The maximum Gasteiger partial charge on any atom is 0.379 e. The van der Waals surface area contributed by atoms with Gasteiger partial charge in [-0.1, -0.05) is 30.3 Å². The number of aromatic nitrogens is 1. The molecule has 0 unspecified atom stereocenters. The first-order valence-electron chi connectivity index (χ1n) is 9.33. The van der Waals surface area contributed by atoms with Gasteiger partial charge in [0.15, 0.2) is 0 Å². The van der Waals surface area contributed by atoms with Gasteiger partial charge in [0.2, 0.25) is 5.75 Å². The summed E-state index contributed by atoms with van der Waals surface area (Å²) in [6.07, 6.45) is 3.09. The van der Waals surface area contributed by atoms with Crippen molar-refractivity contribution in [3.8, 4) is 22.6 Å². The molecule has 1 N–H and O–H groups in total. The Balaban J connectivity index is 1.68. The minimum absolute atomic E-state index is 0.00909. The molecule has 2 aromatic heterocycles. The van der Waals surface area contributed by atoms with E-state index in [1.54, 1.807) is 80.0 Å². The molecule has 0 radical (unpaired) electrons.